The first kappa shape index (κ1) is 13.4. The van der Waals surface area contributed by atoms with Crippen LogP contribution in [0.2, 0.25) is 0 Å². The molecule has 4 saturated heterocycles. The van der Waals surface area contributed by atoms with Gasteiger partial charge in [0, 0.05) is 51.5 Å². The fourth-order valence-electron chi connectivity index (χ4n) is 3.45. The third kappa shape index (κ3) is 3.71. The van der Waals surface area contributed by atoms with Gasteiger partial charge in [-0.2, -0.15) is 0 Å². The number of nitrogens with zero attached hydrogens (tertiary/aromatic N) is 2. The minimum absolute atomic E-state index is 1.000. The SMILES string of the molecule is C1=C2CCNCCN2CCC1.C1CN2CCC1CN2. The van der Waals surface area contributed by atoms with Crippen molar-refractivity contribution in [3.8, 4) is 0 Å². The van der Waals surface area contributed by atoms with E-state index in [-0.39, 0.29) is 0 Å². The highest BCUT2D eigenvalue weighted by Gasteiger charge is 2.24. The van der Waals surface area contributed by atoms with E-state index in [2.05, 4.69) is 26.7 Å². The molecule has 0 amide bonds. The lowest BCUT2D eigenvalue weighted by Crippen LogP contribution is -2.52. The zero-order chi connectivity index (χ0) is 12.9. The summed E-state index contributed by atoms with van der Waals surface area (Å²) in [5, 5.41) is 5.75. The normalized spacial score (nSPS) is 33.7. The van der Waals surface area contributed by atoms with Crippen molar-refractivity contribution in [2.24, 2.45) is 5.92 Å². The zero-order valence-electron chi connectivity index (χ0n) is 12.0. The Hall–Kier alpha value is -0.580. The molecule has 5 rings (SSSR count). The fourth-order valence-corrected chi connectivity index (χ4v) is 3.45. The van der Waals surface area contributed by atoms with Crippen molar-refractivity contribution in [2.75, 3.05) is 45.8 Å². The van der Waals surface area contributed by atoms with Crippen molar-refractivity contribution in [1.82, 2.24) is 20.7 Å². The average Bonchev–Trinajstić information content (AvgIpc) is 2.75. The van der Waals surface area contributed by atoms with E-state index in [9.17, 15) is 0 Å². The molecule has 0 radical (unpaired) electrons. The summed E-state index contributed by atoms with van der Waals surface area (Å²) in [4.78, 5) is 2.53. The lowest BCUT2D eigenvalue weighted by Gasteiger charge is -2.39. The van der Waals surface area contributed by atoms with Gasteiger partial charge in [-0.15, -0.1) is 0 Å². The molecule has 19 heavy (non-hydrogen) atoms. The summed E-state index contributed by atoms with van der Waals surface area (Å²) in [5.74, 6) is 1.000. The van der Waals surface area contributed by atoms with Gasteiger partial charge in [0.15, 0.2) is 0 Å². The van der Waals surface area contributed by atoms with Crippen LogP contribution in [0.3, 0.4) is 0 Å². The Morgan fingerprint density at radius 1 is 1.05 bits per heavy atom. The minimum atomic E-state index is 1.000. The van der Waals surface area contributed by atoms with Crippen LogP contribution in [-0.2, 0) is 0 Å². The molecule has 0 spiro atoms. The summed E-state index contributed by atoms with van der Waals surface area (Å²) >= 11 is 0. The highest BCUT2D eigenvalue weighted by Crippen LogP contribution is 2.19. The van der Waals surface area contributed by atoms with Crippen LogP contribution in [-0.4, -0.2) is 55.7 Å². The third-order valence-corrected chi connectivity index (χ3v) is 4.75. The predicted octanol–water partition coefficient (Wildman–Crippen LogP) is 1.18. The van der Waals surface area contributed by atoms with E-state index in [1.807, 2.05) is 0 Å². The largest absolute Gasteiger partial charge is 0.374 e. The number of fused-ring (bicyclic) bond motifs is 4. The highest BCUT2D eigenvalue weighted by molar-refractivity contribution is 5.06. The topological polar surface area (TPSA) is 30.5 Å². The van der Waals surface area contributed by atoms with Crippen LogP contribution in [0, 0.1) is 5.92 Å². The van der Waals surface area contributed by atoms with Crippen molar-refractivity contribution in [2.45, 2.75) is 32.1 Å². The van der Waals surface area contributed by atoms with Crippen LogP contribution >= 0.6 is 0 Å². The Labute approximate surface area is 117 Å². The second-order valence-corrected chi connectivity index (χ2v) is 6.12. The van der Waals surface area contributed by atoms with Gasteiger partial charge in [-0.3, -0.25) is 5.43 Å². The Kier molecular flexibility index (Phi) is 4.75. The lowest BCUT2D eigenvalue weighted by molar-refractivity contribution is 0.0572. The Morgan fingerprint density at radius 2 is 1.95 bits per heavy atom. The van der Waals surface area contributed by atoms with E-state index in [0.717, 1.165) is 12.5 Å². The molecule has 2 bridgehead atoms. The van der Waals surface area contributed by atoms with E-state index in [1.54, 1.807) is 5.70 Å². The van der Waals surface area contributed by atoms with Gasteiger partial charge in [0.05, 0.1) is 0 Å². The summed E-state index contributed by atoms with van der Waals surface area (Å²) in [6, 6.07) is 0. The molecule has 0 aromatic heterocycles. The van der Waals surface area contributed by atoms with E-state index in [1.165, 1.54) is 71.4 Å². The van der Waals surface area contributed by atoms with Crippen LogP contribution in [0.5, 0.6) is 0 Å². The zero-order valence-corrected chi connectivity index (χ0v) is 12.0. The fraction of sp³-hybridized carbons (Fsp3) is 0.867. The number of hydrazine groups is 1. The maximum atomic E-state index is 3.42. The molecule has 0 unspecified atom stereocenters. The van der Waals surface area contributed by atoms with Crippen molar-refractivity contribution >= 4 is 0 Å². The van der Waals surface area contributed by atoms with Crippen LogP contribution < -0.4 is 10.7 Å². The molecule has 4 heteroatoms. The minimum Gasteiger partial charge on any atom is -0.374 e. The smallest absolute Gasteiger partial charge is 0.0300 e. The predicted molar refractivity (Wildman–Crippen MR) is 78.7 cm³/mol. The molecular formula is C15H28N4. The molecule has 5 aliphatic rings. The summed E-state index contributed by atoms with van der Waals surface area (Å²) in [5.41, 5.74) is 4.94. The first-order chi connectivity index (χ1) is 9.42. The molecule has 0 aromatic rings. The van der Waals surface area contributed by atoms with Crippen molar-refractivity contribution in [3.63, 3.8) is 0 Å². The van der Waals surface area contributed by atoms with Gasteiger partial charge in [-0.05, 0) is 38.0 Å². The third-order valence-electron chi connectivity index (χ3n) is 4.75. The molecule has 0 atom stereocenters. The lowest BCUT2D eigenvalue weighted by atomic mass is 9.96. The number of rotatable bonds is 0. The quantitative estimate of drug-likeness (QED) is 0.688. The van der Waals surface area contributed by atoms with Gasteiger partial charge >= 0.3 is 0 Å². The first-order valence-electron chi connectivity index (χ1n) is 8.05. The number of hydrogen-bond donors (Lipinski definition) is 2. The van der Waals surface area contributed by atoms with Gasteiger partial charge in [0.1, 0.15) is 0 Å². The maximum absolute atomic E-state index is 3.42. The Balaban J connectivity index is 0.000000122. The standard InChI is InChI=1S/C9H16N2.C6H12N2/c1-2-7-11-8-6-10-5-4-9(11)3-1;1-3-8-4-2-6(1)5-7-8/h3,10H,1-2,4-8H2;6-7H,1-5H2. The number of hydrogen-bond acceptors (Lipinski definition) is 4. The summed E-state index contributed by atoms with van der Waals surface area (Å²) < 4.78 is 0. The van der Waals surface area contributed by atoms with Crippen molar-refractivity contribution in [3.05, 3.63) is 11.8 Å². The molecule has 5 heterocycles. The van der Waals surface area contributed by atoms with E-state index in [4.69, 9.17) is 0 Å². The highest BCUT2D eigenvalue weighted by atomic mass is 15.5. The van der Waals surface area contributed by atoms with Gasteiger partial charge in [0.2, 0.25) is 0 Å². The van der Waals surface area contributed by atoms with E-state index in [0.29, 0.717) is 0 Å². The Bertz CT molecular complexity index is 284. The molecular weight excluding hydrogens is 236 g/mol. The summed E-state index contributed by atoms with van der Waals surface area (Å²) in [7, 11) is 0. The van der Waals surface area contributed by atoms with Crippen LogP contribution in [0.1, 0.15) is 32.1 Å². The average molecular weight is 264 g/mol. The van der Waals surface area contributed by atoms with Crippen molar-refractivity contribution < 1.29 is 0 Å². The molecule has 0 saturated carbocycles. The molecule has 108 valence electrons. The van der Waals surface area contributed by atoms with E-state index < -0.39 is 0 Å². The second-order valence-electron chi connectivity index (χ2n) is 6.12. The van der Waals surface area contributed by atoms with E-state index >= 15 is 0 Å². The number of piperidine rings is 1. The first-order valence-corrected chi connectivity index (χ1v) is 8.05. The molecule has 4 fully saturated rings. The molecule has 0 aliphatic carbocycles. The Morgan fingerprint density at radius 3 is 2.58 bits per heavy atom. The van der Waals surface area contributed by atoms with Crippen LogP contribution in [0.4, 0.5) is 0 Å². The van der Waals surface area contributed by atoms with Gasteiger partial charge in [-0.1, -0.05) is 6.08 Å². The monoisotopic (exact) mass is 264 g/mol. The molecule has 0 aromatic carbocycles. The van der Waals surface area contributed by atoms with Crippen LogP contribution in [0.15, 0.2) is 11.8 Å². The maximum Gasteiger partial charge on any atom is 0.0300 e. The molecule has 2 N–H and O–H groups in total. The van der Waals surface area contributed by atoms with Crippen LogP contribution in [0.25, 0.3) is 0 Å². The summed E-state index contributed by atoms with van der Waals surface area (Å²) in [6.07, 6.45) is 9.14. The van der Waals surface area contributed by atoms with Gasteiger partial charge in [-0.25, -0.2) is 5.01 Å². The number of allylic oxidation sites excluding steroid dienone is 1. The van der Waals surface area contributed by atoms with Crippen molar-refractivity contribution in [1.29, 1.82) is 0 Å². The van der Waals surface area contributed by atoms with Gasteiger partial charge < -0.3 is 10.2 Å². The van der Waals surface area contributed by atoms with Gasteiger partial charge in [0.25, 0.3) is 0 Å². The molecule has 5 aliphatic heterocycles. The number of nitrogens with one attached hydrogen (secondary N) is 2. The molecule has 4 nitrogen and oxygen atoms in total. The summed E-state index contributed by atoms with van der Waals surface area (Å²) in [6.45, 7) is 8.63. The second kappa shape index (κ2) is 6.73.